The van der Waals surface area contributed by atoms with Gasteiger partial charge in [0.25, 0.3) is 0 Å². The SMILES string of the molecule is C1CCOC2(OCC1)C1CC3CC(C1)CC2C3. The van der Waals surface area contributed by atoms with E-state index in [4.69, 9.17) is 9.47 Å². The minimum atomic E-state index is -0.145. The Labute approximate surface area is 104 Å². The van der Waals surface area contributed by atoms with Crippen LogP contribution in [0.3, 0.4) is 0 Å². The van der Waals surface area contributed by atoms with Crippen LogP contribution in [-0.2, 0) is 9.47 Å². The van der Waals surface area contributed by atoms with Gasteiger partial charge in [0.1, 0.15) is 0 Å². The van der Waals surface area contributed by atoms with Crippen molar-refractivity contribution in [3.8, 4) is 0 Å². The summed E-state index contributed by atoms with van der Waals surface area (Å²) in [5, 5.41) is 0. The van der Waals surface area contributed by atoms with E-state index in [1.807, 2.05) is 0 Å². The van der Waals surface area contributed by atoms with Gasteiger partial charge in [-0.1, -0.05) is 0 Å². The second kappa shape index (κ2) is 3.96. The zero-order chi connectivity index (χ0) is 11.3. The molecule has 96 valence electrons. The number of ether oxygens (including phenoxy) is 2. The van der Waals surface area contributed by atoms with Crippen LogP contribution in [-0.4, -0.2) is 19.0 Å². The molecule has 0 N–H and O–H groups in total. The smallest absolute Gasteiger partial charge is 0.173 e. The van der Waals surface area contributed by atoms with Crippen LogP contribution in [0.4, 0.5) is 0 Å². The van der Waals surface area contributed by atoms with Crippen LogP contribution in [0, 0.1) is 23.7 Å². The average Bonchev–Trinajstić information content (AvgIpc) is 2.26. The number of rotatable bonds is 0. The van der Waals surface area contributed by atoms with Crippen molar-refractivity contribution in [1.82, 2.24) is 0 Å². The Morgan fingerprint density at radius 1 is 0.647 bits per heavy atom. The molecule has 1 spiro atoms. The predicted molar refractivity (Wildman–Crippen MR) is 65.5 cm³/mol. The zero-order valence-corrected chi connectivity index (χ0v) is 10.7. The Morgan fingerprint density at radius 2 is 1.18 bits per heavy atom. The molecule has 17 heavy (non-hydrogen) atoms. The third-order valence-electron chi connectivity index (χ3n) is 5.72. The quantitative estimate of drug-likeness (QED) is 0.642. The average molecular weight is 236 g/mol. The van der Waals surface area contributed by atoms with Gasteiger partial charge >= 0.3 is 0 Å². The van der Waals surface area contributed by atoms with E-state index in [2.05, 4.69) is 0 Å². The number of hydrogen-bond acceptors (Lipinski definition) is 2. The predicted octanol–water partition coefficient (Wildman–Crippen LogP) is 3.36. The fraction of sp³-hybridized carbons (Fsp3) is 1.00. The normalized spacial score (nSPS) is 48.0. The molecular weight excluding hydrogens is 212 g/mol. The van der Waals surface area contributed by atoms with Crippen LogP contribution >= 0.6 is 0 Å². The number of hydrogen-bond donors (Lipinski definition) is 0. The molecule has 0 radical (unpaired) electrons. The lowest BCUT2D eigenvalue weighted by atomic mass is 9.53. The summed E-state index contributed by atoms with van der Waals surface area (Å²) in [6.07, 6.45) is 10.8. The van der Waals surface area contributed by atoms with E-state index >= 15 is 0 Å². The van der Waals surface area contributed by atoms with Gasteiger partial charge in [0, 0.05) is 11.8 Å². The summed E-state index contributed by atoms with van der Waals surface area (Å²) in [6.45, 7) is 1.87. The summed E-state index contributed by atoms with van der Waals surface area (Å²) < 4.78 is 12.7. The highest BCUT2D eigenvalue weighted by Gasteiger charge is 2.59. The maximum absolute atomic E-state index is 6.33. The van der Waals surface area contributed by atoms with Crippen LogP contribution in [0.15, 0.2) is 0 Å². The summed E-state index contributed by atoms with van der Waals surface area (Å²) in [5.41, 5.74) is 0. The van der Waals surface area contributed by atoms with Crippen molar-refractivity contribution in [2.75, 3.05) is 13.2 Å². The van der Waals surface area contributed by atoms with E-state index in [0.29, 0.717) is 0 Å². The Balaban J connectivity index is 1.62. The van der Waals surface area contributed by atoms with E-state index in [1.165, 1.54) is 51.4 Å². The van der Waals surface area contributed by atoms with Gasteiger partial charge in [-0.2, -0.15) is 0 Å². The summed E-state index contributed by atoms with van der Waals surface area (Å²) in [6, 6.07) is 0. The minimum Gasteiger partial charge on any atom is -0.349 e. The second-order valence-corrected chi connectivity index (χ2v) is 6.78. The van der Waals surface area contributed by atoms with Crippen LogP contribution in [0.2, 0.25) is 0 Å². The first kappa shape index (κ1) is 10.8. The molecule has 2 heteroatoms. The molecule has 0 aromatic carbocycles. The van der Waals surface area contributed by atoms with Gasteiger partial charge in [-0.15, -0.1) is 0 Å². The zero-order valence-electron chi connectivity index (χ0n) is 10.7. The van der Waals surface area contributed by atoms with Crippen LogP contribution in [0.25, 0.3) is 0 Å². The van der Waals surface area contributed by atoms with E-state index < -0.39 is 0 Å². The Kier molecular flexibility index (Phi) is 2.52. The third kappa shape index (κ3) is 1.60. The first-order valence-corrected chi connectivity index (χ1v) is 7.65. The molecule has 1 heterocycles. The standard InChI is InChI=1S/C15H24O2/c1-2-4-16-15(17-5-3-1)13-7-11-6-12(9-13)10-14(15)8-11/h11-14H,1-10H2. The highest BCUT2D eigenvalue weighted by molar-refractivity contribution is 5.04. The molecule has 1 saturated heterocycles. The lowest BCUT2D eigenvalue weighted by Crippen LogP contribution is -2.60. The fourth-order valence-electron chi connectivity index (χ4n) is 5.20. The topological polar surface area (TPSA) is 18.5 Å². The molecule has 5 rings (SSSR count). The van der Waals surface area contributed by atoms with Crippen LogP contribution in [0.5, 0.6) is 0 Å². The lowest BCUT2D eigenvalue weighted by Gasteiger charge is -2.60. The van der Waals surface area contributed by atoms with Crippen molar-refractivity contribution in [3.05, 3.63) is 0 Å². The maximum atomic E-state index is 6.33. The Bertz CT molecular complexity index is 261. The summed E-state index contributed by atoms with van der Waals surface area (Å²) in [5.74, 6) is 3.30. The highest BCUT2D eigenvalue weighted by Crippen LogP contribution is 2.60. The van der Waals surface area contributed by atoms with Gasteiger partial charge in [-0.25, -0.2) is 0 Å². The molecule has 0 amide bonds. The van der Waals surface area contributed by atoms with E-state index in [9.17, 15) is 0 Å². The molecule has 4 aliphatic carbocycles. The Morgan fingerprint density at radius 3 is 1.71 bits per heavy atom. The molecule has 4 bridgehead atoms. The molecule has 0 atom stereocenters. The monoisotopic (exact) mass is 236 g/mol. The van der Waals surface area contributed by atoms with E-state index in [0.717, 1.165) is 36.9 Å². The fourth-order valence-corrected chi connectivity index (χ4v) is 5.20. The molecule has 2 nitrogen and oxygen atoms in total. The minimum absolute atomic E-state index is 0.145. The van der Waals surface area contributed by atoms with Crippen molar-refractivity contribution in [1.29, 1.82) is 0 Å². The molecule has 0 unspecified atom stereocenters. The van der Waals surface area contributed by atoms with Gasteiger partial charge in [-0.05, 0) is 63.2 Å². The van der Waals surface area contributed by atoms with Crippen molar-refractivity contribution < 1.29 is 9.47 Å². The van der Waals surface area contributed by atoms with Gasteiger partial charge < -0.3 is 9.47 Å². The molecule has 0 aromatic rings. The highest BCUT2D eigenvalue weighted by atomic mass is 16.7. The van der Waals surface area contributed by atoms with Crippen molar-refractivity contribution in [2.24, 2.45) is 23.7 Å². The summed E-state index contributed by atoms with van der Waals surface area (Å²) in [7, 11) is 0. The Hall–Kier alpha value is -0.0800. The van der Waals surface area contributed by atoms with Crippen LogP contribution < -0.4 is 0 Å². The first-order valence-electron chi connectivity index (χ1n) is 7.65. The molecular formula is C15H24O2. The largest absolute Gasteiger partial charge is 0.349 e. The van der Waals surface area contributed by atoms with Gasteiger partial charge in [0.15, 0.2) is 5.79 Å². The first-order chi connectivity index (χ1) is 8.37. The third-order valence-corrected chi connectivity index (χ3v) is 5.72. The maximum Gasteiger partial charge on any atom is 0.173 e. The van der Waals surface area contributed by atoms with Crippen molar-refractivity contribution in [3.63, 3.8) is 0 Å². The molecule has 5 fully saturated rings. The van der Waals surface area contributed by atoms with Gasteiger partial charge in [0.05, 0.1) is 13.2 Å². The lowest BCUT2D eigenvalue weighted by molar-refractivity contribution is -0.342. The van der Waals surface area contributed by atoms with Gasteiger partial charge in [0.2, 0.25) is 0 Å². The van der Waals surface area contributed by atoms with Gasteiger partial charge in [-0.3, -0.25) is 0 Å². The van der Waals surface area contributed by atoms with Crippen molar-refractivity contribution in [2.45, 2.75) is 57.2 Å². The molecule has 4 saturated carbocycles. The second-order valence-electron chi connectivity index (χ2n) is 6.78. The summed E-state index contributed by atoms with van der Waals surface area (Å²) in [4.78, 5) is 0. The van der Waals surface area contributed by atoms with E-state index in [-0.39, 0.29) is 5.79 Å². The molecule has 5 aliphatic rings. The van der Waals surface area contributed by atoms with Crippen molar-refractivity contribution >= 4 is 0 Å². The van der Waals surface area contributed by atoms with E-state index in [1.54, 1.807) is 0 Å². The molecule has 0 aromatic heterocycles. The molecule has 1 aliphatic heterocycles. The summed E-state index contributed by atoms with van der Waals surface area (Å²) >= 11 is 0. The van der Waals surface area contributed by atoms with Crippen LogP contribution in [0.1, 0.15) is 51.4 Å².